The normalized spacial score (nSPS) is 10.3. The number of hydrogen-bond acceptors (Lipinski definition) is 2. The summed E-state index contributed by atoms with van der Waals surface area (Å²) in [5, 5.41) is 0. The number of halogens is 2. The summed E-state index contributed by atoms with van der Waals surface area (Å²) in [5.74, 6) is 4.65. The van der Waals surface area contributed by atoms with Gasteiger partial charge in [-0.05, 0) is 40.0 Å². The van der Waals surface area contributed by atoms with E-state index in [0.29, 0.717) is 16.6 Å². The second-order valence-corrected chi connectivity index (χ2v) is 3.37. The Morgan fingerprint density at radius 1 is 1.58 bits per heavy atom. The highest BCUT2D eigenvalue weighted by atomic mass is 79.9. The third kappa shape index (κ3) is 2.03. The van der Waals surface area contributed by atoms with Gasteiger partial charge in [0, 0.05) is 0 Å². The number of nitrogens with two attached hydrogens (primary N) is 1. The second kappa shape index (κ2) is 3.98. The zero-order chi connectivity index (χ0) is 9.14. The SMILES string of the molecule is Cc1cc(CON)cc(Br)c1F. The third-order valence-electron chi connectivity index (χ3n) is 1.52. The van der Waals surface area contributed by atoms with Crippen LogP contribution in [0.25, 0.3) is 0 Å². The molecule has 2 N–H and O–H groups in total. The molecule has 0 saturated carbocycles. The average molecular weight is 234 g/mol. The fourth-order valence-corrected chi connectivity index (χ4v) is 1.58. The summed E-state index contributed by atoms with van der Waals surface area (Å²) in [4.78, 5) is 4.43. The number of aryl methyl sites for hydroxylation is 1. The predicted octanol–water partition coefficient (Wildman–Crippen LogP) is 2.29. The first-order chi connectivity index (χ1) is 5.65. The predicted molar refractivity (Wildman–Crippen MR) is 47.8 cm³/mol. The van der Waals surface area contributed by atoms with Crippen molar-refractivity contribution in [1.29, 1.82) is 0 Å². The summed E-state index contributed by atoms with van der Waals surface area (Å²) in [7, 11) is 0. The molecule has 0 amide bonds. The molecule has 0 radical (unpaired) electrons. The van der Waals surface area contributed by atoms with E-state index in [1.54, 1.807) is 19.1 Å². The van der Waals surface area contributed by atoms with Crippen LogP contribution in [-0.4, -0.2) is 0 Å². The minimum absolute atomic E-state index is 0.240. The van der Waals surface area contributed by atoms with Gasteiger partial charge in [0.1, 0.15) is 5.82 Å². The summed E-state index contributed by atoms with van der Waals surface area (Å²) in [6.45, 7) is 1.99. The van der Waals surface area contributed by atoms with Crippen molar-refractivity contribution in [3.8, 4) is 0 Å². The van der Waals surface area contributed by atoms with Crippen LogP contribution in [0.1, 0.15) is 11.1 Å². The highest BCUT2D eigenvalue weighted by Gasteiger charge is 2.04. The third-order valence-corrected chi connectivity index (χ3v) is 2.10. The van der Waals surface area contributed by atoms with Crippen LogP contribution in [0.5, 0.6) is 0 Å². The molecular formula is C8H9BrFNO. The minimum Gasteiger partial charge on any atom is -0.300 e. The van der Waals surface area contributed by atoms with Gasteiger partial charge >= 0.3 is 0 Å². The van der Waals surface area contributed by atoms with Crippen LogP contribution in [0.4, 0.5) is 4.39 Å². The molecule has 0 unspecified atom stereocenters. The van der Waals surface area contributed by atoms with E-state index < -0.39 is 0 Å². The van der Waals surface area contributed by atoms with Gasteiger partial charge in [0.15, 0.2) is 0 Å². The highest BCUT2D eigenvalue weighted by molar-refractivity contribution is 9.10. The average Bonchev–Trinajstić information content (AvgIpc) is 2.01. The van der Waals surface area contributed by atoms with Crippen molar-refractivity contribution in [1.82, 2.24) is 0 Å². The van der Waals surface area contributed by atoms with Gasteiger partial charge in [-0.15, -0.1) is 0 Å². The lowest BCUT2D eigenvalue weighted by Crippen LogP contribution is -2.00. The largest absolute Gasteiger partial charge is 0.300 e. The van der Waals surface area contributed by atoms with E-state index in [1.807, 2.05) is 0 Å². The minimum atomic E-state index is -0.240. The molecule has 0 saturated heterocycles. The van der Waals surface area contributed by atoms with Gasteiger partial charge in [-0.3, -0.25) is 4.84 Å². The molecule has 12 heavy (non-hydrogen) atoms. The zero-order valence-electron chi connectivity index (χ0n) is 6.60. The summed E-state index contributed by atoms with van der Waals surface area (Å²) in [5.41, 5.74) is 1.43. The van der Waals surface area contributed by atoms with Crippen molar-refractivity contribution in [2.24, 2.45) is 5.90 Å². The summed E-state index contributed by atoms with van der Waals surface area (Å²) >= 11 is 3.10. The van der Waals surface area contributed by atoms with Crippen LogP contribution in [0.15, 0.2) is 16.6 Å². The summed E-state index contributed by atoms with van der Waals surface area (Å²) in [6, 6.07) is 3.35. The zero-order valence-corrected chi connectivity index (χ0v) is 8.19. The molecule has 0 spiro atoms. The number of rotatable bonds is 2. The van der Waals surface area contributed by atoms with Crippen molar-refractivity contribution in [2.75, 3.05) is 0 Å². The molecule has 0 aliphatic heterocycles. The van der Waals surface area contributed by atoms with E-state index in [4.69, 9.17) is 5.90 Å². The van der Waals surface area contributed by atoms with E-state index in [9.17, 15) is 4.39 Å². The van der Waals surface area contributed by atoms with Crippen LogP contribution < -0.4 is 5.90 Å². The first kappa shape index (κ1) is 9.64. The topological polar surface area (TPSA) is 35.2 Å². The molecular weight excluding hydrogens is 225 g/mol. The first-order valence-electron chi connectivity index (χ1n) is 3.41. The first-order valence-corrected chi connectivity index (χ1v) is 4.20. The summed E-state index contributed by atoms with van der Waals surface area (Å²) < 4.78 is 13.5. The maximum absolute atomic E-state index is 13.0. The second-order valence-electron chi connectivity index (χ2n) is 2.52. The lowest BCUT2D eigenvalue weighted by Gasteiger charge is -2.03. The Kier molecular flexibility index (Phi) is 3.20. The van der Waals surface area contributed by atoms with Gasteiger partial charge in [-0.1, -0.05) is 6.07 Å². The molecule has 0 heterocycles. The Morgan fingerprint density at radius 2 is 2.25 bits per heavy atom. The lowest BCUT2D eigenvalue weighted by atomic mass is 10.1. The molecule has 0 atom stereocenters. The molecule has 2 nitrogen and oxygen atoms in total. The molecule has 0 bridgehead atoms. The smallest absolute Gasteiger partial charge is 0.140 e. The monoisotopic (exact) mass is 233 g/mol. The van der Waals surface area contributed by atoms with Crippen LogP contribution in [-0.2, 0) is 11.4 Å². The quantitative estimate of drug-likeness (QED) is 0.796. The maximum atomic E-state index is 13.0. The standard InChI is InChI=1S/C8H9BrFNO/c1-5-2-6(4-12-11)3-7(9)8(5)10/h2-3H,4,11H2,1H3. The molecule has 0 fully saturated rings. The molecule has 66 valence electrons. The van der Waals surface area contributed by atoms with Crippen LogP contribution in [0, 0.1) is 12.7 Å². The van der Waals surface area contributed by atoms with E-state index >= 15 is 0 Å². The van der Waals surface area contributed by atoms with E-state index in [2.05, 4.69) is 20.8 Å². The fraction of sp³-hybridized carbons (Fsp3) is 0.250. The molecule has 0 aliphatic carbocycles. The van der Waals surface area contributed by atoms with Gasteiger partial charge < -0.3 is 0 Å². The van der Waals surface area contributed by atoms with Gasteiger partial charge in [0.2, 0.25) is 0 Å². The Morgan fingerprint density at radius 3 is 2.75 bits per heavy atom. The highest BCUT2D eigenvalue weighted by Crippen LogP contribution is 2.20. The van der Waals surface area contributed by atoms with Crippen molar-refractivity contribution in [3.63, 3.8) is 0 Å². The number of hydrogen-bond donors (Lipinski definition) is 1. The molecule has 1 aromatic rings. The van der Waals surface area contributed by atoms with E-state index in [-0.39, 0.29) is 5.82 Å². The van der Waals surface area contributed by atoms with Gasteiger partial charge in [-0.2, -0.15) is 0 Å². The molecule has 1 rings (SSSR count). The Balaban J connectivity index is 3.04. The van der Waals surface area contributed by atoms with Crippen molar-refractivity contribution in [3.05, 3.63) is 33.5 Å². The molecule has 1 aromatic carbocycles. The number of benzene rings is 1. The Hall–Kier alpha value is -0.450. The van der Waals surface area contributed by atoms with E-state index in [1.165, 1.54) is 0 Å². The van der Waals surface area contributed by atoms with Crippen molar-refractivity contribution in [2.45, 2.75) is 13.5 Å². The summed E-state index contributed by atoms with van der Waals surface area (Å²) in [6.07, 6.45) is 0. The van der Waals surface area contributed by atoms with Crippen LogP contribution in [0.3, 0.4) is 0 Å². The molecule has 4 heteroatoms. The van der Waals surface area contributed by atoms with E-state index in [0.717, 1.165) is 5.56 Å². The lowest BCUT2D eigenvalue weighted by molar-refractivity contribution is 0.124. The van der Waals surface area contributed by atoms with Gasteiger partial charge in [0.05, 0.1) is 11.1 Å². The molecule has 0 aliphatic rings. The fourth-order valence-electron chi connectivity index (χ4n) is 0.977. The Labute approximate surface area is 78.6 Å². The maximum Gasteiger partial charge on any atom is 0.140 e. The Bertz CT molecular complexity index is 267. The van der Waals surface area contributed by atoms with Gasteiger partial charge in [-0.25, -0.2) is 10.3 Å². The van der Waals surface area contributed by atoms with Gasteiger partial charge in [0.25, 0.3) is 0 Å². The van der Waals surface area contributed by atoms with Crippen molar-refractivity contribution < 1.29 is 9.23 Å². The van der Waals surface area contributed by atoms with Crippen LogP contribution >= 0.6 is 15.9 Å². The van der Waals surface area contributed by atoms with Crippen LogP contribution in [0.2, 0.25) is 0 Å². The molecule has 0 aromatic heterocycles. The van der Waals surface area contributed by atoms with Crippen molar-refractivity contribution >= 4 is 15.9 Å².